The van der Waals surface area contributed by atoms with Crippen molar-refractivity contribution in [1.82, 2.24) is 19.7 Å². The lowest BCUT2D eigenvalue weighted by atomic mass is 9.79. The molecule has 36 heavy (non-hydrogen) atoms. The summed E-state index contributed by atoms with van der Waals surface area (Å²) < 4.78 is 1.94. The Kier molecular flexibility index (Phi) is 4.46. The standard InChI is InChI=1S/C29H30N6O/c1-4-23(36)35-15-29(16-35)9-10-34(14-29)28-22(12-30)25(20-8-7-18-11-21(18)26(20)32-28)24-17(2)5-6-19-13-31-33(3)27(19)24/h4-6,13,18,21H,1,7-11,14-16H2,2-3H3/t18-,21+/m0/s1. The Morgan fingerprint density at radius 2 is 2.11 bits per heavy atom. The summed E-state index contributed by atoms with van der Waals surface area (Å²) >= 11 is 0. The minimum atomic E-state index is 0.00510. The van der Waals surface area contributed by atoms with Gasteiger partial charge in [0.2, 0.25) is 5.91 Å². The number of aromatic nitrogens is 3. The van der Waals surface area contributed by atoms with E-state index in [-0.39, 0.29) is 11.3 Å². The van der Waals surface area contributed by atoms with Crippen molar-refractivity contribution in [3.05, 3.63) is 53.4 Å². The lowest BCUT2D eigenvalue weighted by Crippen LogP contribution is -2.59. The SMILES string of the molecule is C=CC(=O)N1CC2(CCN(c3nc4c(c(-c5c(C)ccc6cnn(C)c56)c3C#N)CC[C@H]3C[C@@H]43)C2)C1. The second-order valence-electron chi connectivity index (χ2n) is 11.3. The molecule has 1 saturated carbocycles. The number of benzene rings is 1. The maximum atomic E-state index is 12.1. The Labute approximate surface area is 211 Å². The van der Waals surface area contributed by atoms with Crippen LogP contribution in [0.1, 0.15) is 47.6 Å². The minimum absolute atomic E-state index is 0.00510. The lowest BCUT2D eigenvalue weighted by molar-refractivity contribution is -0.136. The number of nitrogens with zero attached hydrogens (tertiary/aromatic N) is 6. The average Bonchev–Trinajstić information content (AvgIpc) is 3.39. The van der Waals surface area contributed by atoms with Gasteiger partial charge in [-0.05, 0) is 55.7 Å². The molecule has 4 heterocycles. The molecule has 2 saturated heterocycles. The van der Waals surface area contributed by atoms with Gasteiger partial charge in [-0.25, -0.2) is 4.98 Å². The predicted molar refractivity (Wildman–Crippen MR) is 139 cm³/mol. The first kappa shape index (κ1) is 21.6. The zero-order valence-corrected chi connectivity index (χ0v) is 20.9. The number of nitriles is 1. The normalized spacial score (nSPS) is 23.2. The third-order valence-electron chi connectivity index (χ3n) is 9.10. The van der Waals surface area contributed by atoms with Gasteiger partial charge in [0.05, 0.1) is 17.4 Å². The van der Waals surface area contributed by atoms with Crippen molar-refractivity contribution in [3.8, 4) is 17.2 Å². The topological polar surface area (TPSA) is 78.1 Å². The van der Waals surface area contributed by atoms with E-state index in [0.717, 1.165) is 78.3 Å². The van der Waals surface area contributed by atoms with Gasteiger partial charge in [0.1, 0.15) is 17.5 Å². The summed E-state index contributed by atoms with van der Waals surface area (Å²) in [5.41, 5.74) is 7.71. The molecular formula is C29H30N6O. The third-order valence-corrected chi connectivity index (χ3v) is 9.10. The van der Waals surface area contributed by atoms with Crippen LogP contribution in [0, 0.1) is 29.6 Å². The van der Waals surface area contributed by atoms with Crippen LogP contribution in [0.25, 0.3) is 22.0 Å². The van der Waals surface area contributed by atoms with E-state index in [2.05, 4.69) is 41.7 Å². The fraction of sp³-hybridized carbons (Fsp3) is 0.448. The van der Waals surface area contributed by atoms with Crippen LogP contribution in [0.15, 0.2) is 31.0 Å². The van der Waals surface area contributed by atoms with E-state index in [1.807, 2.05) is 22.8 Å². The number of carbonyl (C=O) groups is 1. The quantitative estimate of drug-likeness (QED) is 0.530. The van der Waals surface area contributed by atoms with Crippen LogP contribution in [0.5, 0.6) is 0 Å². The number of hydrogen-bond acceptors (Lipinski definition) is 5. The molecule has 1 amide bonds. The Balaban J connectivity index is 1.39. The van der Waals surface area contributed by atoms with Crippen LogP contribution in [0.4, 0.5) is 5.82 Å². The molecule has 2 aliphatic carbocycles. The van der Waals surface area contributed by atoms with E-state index in [1.54, 1.807) is 0 Å². The highest BCUT2D eigenvalue weighted by Gasteiger charge is 2.50. The molecule has 2 atom stereocenters. The molecule has 3 fully saturated rings. The Morgan fingerprint density at radius 3 is 2.89 bits per heavy atom. The Morgan fingerprint density at radius 1 is 1.28 bits per heavy atom. The van der Waals surface area contributed by atoms with Gasteiger partial charge in [-0.15, -0.1) is 0 Å². The molecule has 2 aliphatic heterocycles. The van der Waals surface area contributed by atoms with E-state index in [4.69, 9.17) is 4.98 Å². The van der Waals surface area contributed by atoms with Crippen molar-refractivity contribution in [2.24, 2.45) is 18.4 Å². The lowest BCUT2D eigenvalue weighted by Gasteiger charge is -2.47. The zero-order chi connectivity index (χ0) is 24.8. The molecule has 0 radical (unpaired) electrons. The van der Waals surface area contributed by atoms with E-state index < -0.39 is 0 Å². The van der Waals surface area contributed by atoms with Crippen molar-refractivity contribution in [2.45, 2.75) is 38.5 Å². The number of rotatable bonds is 3. The number of anilines is 1. The van der Waals surface area contributed by atoms with Gasteiger partial charge in [-0.3, -0.25) is 9.48 Å². The van der Waals surface area contributed by atoms with Crippen LogP contribution in [0.2, 0.25) is 0 Å². The Bertz CT molecular complexity index is 1500. The first-order valence-corrected chi connectivity index (χ1v) is 13.0. The third kappa shape index (κ3) is 2.93. The van der Waals surface area contributed by atoms with Gasteiger partial charge in [0.15, 0.2) is 0 Å². The molecule has 0 unspecified atom stereocenters. The van der Waals surface area contributed by atoms with Gasteiger partial charge in [0, 0.05) is 61.1 Å². The number of fused-ring (bicyclic) bond motifs is 4. The van der Waals surface area contributed by atoms with Gasteiger partial charge in [-0.1, -0.05) is 18.7 Å². The molecular weight excluding hydrogens is 448 g/mol. The molecule has 7 rings (SSSR count). The predicted octanol–water partition coefficient (Wildman–Crippen LogP) is 4.09. The molecule has 7 heteroatoms. The second-order valence-corrected chi connectivity index (χ2v) is 11.3. The van der Waals surface area contributed by atoms with E-state index in [9.17, 15) is 10.1 Å². The highest BCUT2D eigenvalue weighted by Crippen LogP contribution is 2.57. The van der Waals surface area contributed by atoms with E-state index in [0.29, 0.717) is 11.5 Å². The fourth-order valence-electron chi connectivity index (χ4n) is 7.14. The second kappa shape index (κ2) is 7.42. The highest BCUT2D eigenvalue weighted by molar-refractivity contribution is 5.99. The van der Waals surface area contributed by atoms with Gasteiger partial charge < -0.3 is 9.80 Å². The number of hydrogen-bond donors (Lipinski definition) is 0. The highest BCUT2D eigenvalue weighted by atomic mass is 16.2. The van der Waals surface area contributed by atoms with Crippen molar-refractivity contribution in [1.29, 1.82) is 5.26 Å². The number of amides is 1. The molecule has 182 valence electrons. The Hall–Kier alpha value is -3.66. The summed E-state index contributed by atoms with van der Waals surface area (Å²) in [7, 11) is 1.99. The molecule has 7 nitrogen and oxygen atoms in total. The zero-order valence-electron chi connectivity index (χ0n) is 20.9. The summed E-state index contributed by atoms with van der Waals surface area (Å²) in [4.78, 5) is 21.5. The molecule has 2 aromatic heterocycles. The fourth-order valence-corrected chi connectivity index (χ4v) is 7.14. The van der Waals surface area contributed by atoms with Crippen LogP contribution in [-0.4, -0.2) is 51.8 Å². The van der Waals surface area contributed by atoms with Crippen molar-refractivity contribution < 1.29 is 4.79 Å². The van der Waals surface area contributed by atoms with Crippen LogP contribution in [-0.2, 0) is 18.3 Å². The molecule has 0 N–H and O–H groups in total. The number of aryl methyl sites for hydroxylation is 2. The summed E-state index contributed by atoms with van der Waals surface area (Å²) in [6.45, 7) is 8.98. The van der Waals surface area contributed by atoms with Crippen LogP contribution < -0.4 is 4.90 Å². The number of pyridine rings is 1. The average molecular weight is 479 g/mol. The summed E-state index contributed by atoms with van der Waals surface area (Å²) in [5, 5.41) is 16.3. The van der Waals surface area contributed by atoms with Crippen molar-refractivity contribution in [3.63, 3.8) is 0 Å². The van der Waals surface area contributed by atoms with Gasteiger partial charge in [-0.2, -0.15) is 10.4 Å². The number of carbonyl (C=O) groups excluding carboxylic acids is 1. The first-order valence-electron chi connectivity index (χ1n) is 13.0. The minimum Gasteiger partial charge on any atom is -0.355 e. The molecule has 1 spiro atoms. The summed E-state index contributed by atoms with van der Waals surface area (Å²) in [6, 6.07) is 6.88. The first-order chi connectivity index (χ1) is 17.4. The van der Waals surface area contributed by atoms with Crippen molar-refractivity contribution >= 4 is 22.6 Å². The molecule has 1 aromatic carbocycles. The monoisotopic (exact) mass is 478 g/mol. The van der Waals surface area contributed by atoms with Crippen LogP contribution >= 0.6 is 0 Å². The molecule has 3 aromatic rings. The summed E-state index contributed by atoms with van der Waals surface area (Å²) in [6.07, 6.45) is 7.68. The maximum Gasteiger partial charge on any atom is 0.245 e. The number of likely N-dealkylation sites (tertiary alicyclic amines) is 1. The maximum absolute atomic E-state index is 12.1. The van der Waals surface area contributed by atoms with Gasteiger partial charge >= 0.3 is 0 Å². The van der Waals surface area contributed by atoms with Crippen molar-refractivity contribution in [2.75, 3.05) is 31.1 Å². The van der Waals surface area contributed by atoms with E-state index in [1.165, 1.54) is 30.2 Å². The summed E-state index contributed by atoms with van der Waals surface area (Å²) in [5.74, 6) is 2.10. The largest absolute Gasteiger partial charge is 0.355 e. The smallest absolute Gasteiger partial charge is 0.245 e. The van der Waals surface area contributed by atoms with Gasteiger partial charge in [0.25, 0.3) is 0 Å². The van der Waals surface area contributed by atoms with Crippen LogP contribution in [0.3, 0.4) is 0 Å². The molecule has 4 aliphatic rings. The van der Waals surface area contributed by atoms with E-state index >= 15 is 0 Å². The molecule has 0 bridgehead atoms.